The van der Waals surface area contributed by atoms with Gasteiger partial charge < -0.3 is 51.6 Å². The third-order valence-corrected chi connectivity index (χ3v) is 11.9. The van der Waals surface area contributed by atoms with Crippen LogP contribution in [0.4, 0.5) is 17.2 Å². The smallest absolute Gasteiger partial charge is 0.260 e. The first kappa shape index (κ1) is 45.2. The van der Waals surface area contributed by atoms with Gasteiger partial charge >= 0.3 is 0 Å². The number of aliphatic hydroxyl groups is 4. The number of para-hydroxylation sites is 2. The molecule has 0 saturated heterocycles. The first-order chi connectivity index (χ1) is 31.5. The fraction of sp³-hybridized carbons (Fsp3) is 0.167. The largest absolute Gasteiger partial charge is 0.479 e. The van der Waals surface area contributed by atoms with Crippen molar-refractivity contribution in [1.82, 2.24) is 9.97 Å². The van der Waals surface area contributed by atoms with Gasteiger partial charge in [0.05, 0.1) is 46.6 Å². The van der Waals surface area contributed by atoms with Crippen molar-refractivity contribution >= 4 is 86.5 Å². The summed E-state index contributed by atoms with van der Waals surface area (Å²) in [6, 6.07) is 34.3. The molecule has 0 bridgehead atoms. The maximum atomic E-state index is 12.9. The number of fused-ring (bicyclic) bond motifs is 4. The van der Waals surface area contributed by atoms with E-state index in [1.165, 1.54) is 0 Å². The van der Waals surface area contributed by atoms with E-state index >= 15 is 0 Å². The summed E-state index contributed by atoms with van der Waals surface area (Å²) in [4.78, 5) is 34.1. The minimum Gasteiger partial charge on any atom is -0.479 e. The summed E-state index contributed by atoms with van der Waals surface area (Å²) in [5, 5.41) is 44.7. The van der Waals surface area contributed by atoms with E-state index in [1.54, 1.807) is 12.4 Å². The summed E-state index contributed by atoms with van der Waals surface area (Å²) in [5.74, 6) is 0.798. The van der Waals surface area contributed by atoms with Crippen molar-refractivity contribution in [2.24, 2.45) is 5.73 Å². The number of rotatable bonds is 8. The molecular formula is C48H41Cl3N6O8. The number of hydrogen-bond donors (Lipinski definition) is 8. The van der Waals surface area contributed by atoms with E-state index in [0.29, 0.717) is 55.2 Å². The van der Waals surface area contributed by atoms with Crippen LogP contribution in [0.5, 0.6) is 0 Å². The summed E-state index contributed by atoms with van der Waals surface area (Å²) in [5.41, 5.74) is 13.4. The highest BCUT2D eigenvalue weighted by Gasteiger charge is 2.41. The molecule has 10 rings (SSSR count). The fourth-order valence-corrected chi connectivity index (χ4v) is 8.32. The highest BCUT2D eigenvalue weighted by Crippen LogP contribution is 2.52. The third kappa shape index (κ3) is 9.03. The van der Waals surface area contributed by atoms with Gasteiger partial charge in [0.15, 0.2) is 12.2 Å². The number of carbonyl (C=O) groups is 2. The lowest BCUT2D eigenvalue weighted by Gasteiger charge is -2.16. The van der Waals surface area contributed by atoms with Crippen LogP contribution >= 0.6 is 34.8 Å². The quantitative estimate of drug-likeness (QED) is 0.0568. The first-order valence-corrected chi connectivity index (χ1v) is 21.5. The highest BCUT2D eigenvalue weighted by molar-refractivity contribution is 6.42. The normalized spacial score (nSPS) is 19.4. The van der Waals surface area contributed by atoms with Crippen LogP contribution in [0.1, 0.15) is 56.7 Å². The molecule has 2 aromatic heterocycles. The number of carbonyl (C=O) groups excluding carboxylic acids is 2. The molecule has 0 saturated carbocycles. The van der Waals surface area contributed by atoms with Gasteiger partial charge in [-0.3, -0.25) is 9.59 Å². The Kier molecular flexibility index (Phi) is 13.8. The fourth-order valence-electron chi connectivity index (χ4n) is 7.61. The van der Waals surface area contributed by atoms with E-state index in [0.717, 1.165) is 39.2 Å². The van der Waals surface area contributed by atoms with Gasteiger partial charge in [-0.15, -0.1) is 0 Å². The van der Waals surface area contributed by atoms with Crippen molar-refractivity contribution in [3.8, 4) is 0 Å². The zero-order chi connectivity index (χ0) is 45.8. The minimum atomic E-state index is -0.946. The zero-order valence-electron chi connectivity index (χ0n) is 34.2. The highest BCUT2D eigenvalue weighted by atomic mass is 35.5. The molecule has 0 radical (unpaired) electrons. The van der Waals surface area contributed by atoms with Crippen LogP contribution in [0.3, 0.4) is 0 Å². The maximum absolute atomic E-state index is 12.9. The number of aromatic nitrogens is 2. The molecule has 2 amide bonds. The average molecular weight is 936 g/mol. The van der Waals surface area contributed by atoms with E-state index in [4.69, 9.17) is 65.3 Å². The Hall–Kier alpha value is -6.33. The van der Waals surface area contributed by atoms with Crippen LogP contribution in [-0.4, -0.2) is 80.7 Å². The number of nitrogens with two attached hydrogens (primary N) is 1. The number of anilines is 3. The van der Waals surface area contributed by atoms with Crippen molar-refractivity contribution in [2.45, 2.75) is 24.4 Å². The molecule has 9 N–H and O–H groups in total. The molecule has 65 heavy (non-hydrogen) atoms. The van der Waals surface area contributed by atoms with Gasteiger partial charge in [0.25, 0.3) is 11.8 Å². The predicted molar refractivity (Wildman–Crippen MR) is 250 cm³/mol. The van der Waals surface area contributed by atoms with Gasteiger partial charge in [-0.25, -0.2) is 9.97 Å². The molecule has 4 unspecified atom stereocenters. The molecule has 4 atom stereocenters. The van der Waals surface area contributed by atoms with Crippen LogP contribution in [0.15, 0.2) is 122 Å². The van der Waals surface area contributed by atoms with Crippen molar-refractivity contribution < 1.29 is 39.5 Å². The Morgan fingerprint density at radius 2 is 1.06 bits per heavy atom. The number of aliphatic hydroxyl groups excluding tert-OH is 4. The second-order valence-corrected chi connectivity index (χ2v) is 16.1. The van der Waals surface area contributed by atoms with E-state index in [-0.39, 0.29) is 43.3 Å². The predicted octanol–water partition coefficient (Wildman–Crippen LogP) is 7.07. The molecule has 4 aliphatic rings. The lowest BCUT2D eigenvalue weighted by Crippen LogP contribution is -2.23. The Bertz CT molecular complexity index is 2830. The van der Waals surface area contributed by atoms with Gasteiger partial charge in [0.1, 0.15) is 22.5 Å². The lowest BCUT2D eigenvalue weighted by atomic mass is 9.97. The average Bonchev–Trinajstić information content (AvgIpc) is 4.10. The standard InChI is InChI=1S/C24H20ClN3O4.C21H12Cl2N2O2.C3H9NO2/c25-20-18-16(11-27-23(20)26-10-14(30)12-29)22(32-21(18)13-6-2-1-3-7-13)19-15-8-4-5-9-17(15)28-24(19)31;22-17-15-13(10-24-20(17)23)19(27-18(15)11-6-2-1-3-7-11)16-12-8-4-5-9-14(12)25-21(16)26;4-1-3(6)2-5/h1-9,11,14,21,29-30H,10,12H2,(H,26,27)(H,28,31);1-10,18H,(H,25,26);3,5-6H,1-2,4H2/b22-19+;19-16+;. The third-order valence-electron chi connectivity index (χ3n) is 10.8. The van der Waals surface area contributed by atoms with Gasteiger partial charge in [0, 0.05) is 70.2 Å². The molecule has 14 nitrogen and oxygen atoms in total. The Morgan fingerprint density at radius 1 is 0.615 bits per heavy atom. The van der Waals surface area contributed by atoms with E-state index in [2.05, 4.69) is 25.9 Å². The number of ether oxygens (including phenoxy) is 2. The van der Waals surface area contributed by atoms with Crippen LogP contribution in [0.2, 0.25) is 15.2 Å². The number of amides is 2. The zero-order valence-corrected chi connectivity index (χ0v) is 36.5. The Balaban J connectivity index is 0.000000159. The van der Waals surface area contributed by atoms with Crippen LogP contribution < -0.4 is 21.7 Å². The van der Waals surface area contributed by atoms with Crippen molar-refractivity contribution in [3.63, 3.8) is 0 Å². The van der Waals surface area contributed by atoms with E-state index < -0.39 is 24.4 Å². The molecule has 0 spiro atoms. The van der Waals surface area contributed by atoms with Gasteiger partial charge in [-0.1, -0.05) is 132 Å². The second-order valence-electron chi connectivity index (χ2n) is 15.0. The van der Waals surface area contributed by atoms with Crippen molar-refractivity contribution in [2.75, 3.05) is 42.3 Å². The number of hydrogen-bond acceptors (Lipinski definition) is 12. The topological polar surface area (TPSA) is 221 Å². The number of nitrogens with one attached hydrogen (secondary N) is 3. The van der Waals surface area contributed by atoms with Crippen LogP contribution in [-0.2, 0) is 19.1 Å². The molecule has 6 heterocycles. The Labute approximate surface area is 388 Å². The summed E-state index contributed by atoms with van der Waals surface area (Å²) in [6.45, 7) is -0.397. The molecule has 332 valence electrons. The van der Waals surface area contributed by atoms with Crippen LogP contribution in [0.25, 0.3) is 22.7 Å². The van der Waals surface area contributed by atoms with E-state index in [1.807, 2.05) is 109 Å². The minimum absolute atomic E-state index is 0.0859. The van der Waals surface area contributed by atoms with E-state index in [9.17, 15) is 14.7 Å². The SMILES string of the molecule is NCC(O)CO.O=C1Nc2ccccc2/C1=C1\OC(c2ccccc2)c2c1cnc(Cl)c2Cl.O=C1Nc2ccccc2/C1=C1\OC(c2ccccc2)c2c1cnc(NCC(O)CO)c2Cl. The first-order valence-electron chi connectivity index (χ1n) is 20.3. The summed E-state index contributed by atoms with van der Waals surface area (Å²) >= 11 is 19.4. The second kappa shape index (κ2) is 19.8. The summed E-state index contributed by atoms with van der Waals surface area (Å²) in [6.07, 6.45) is 0.561. The molecule has 4 aliphatic heterocycles. The van der Waals surface area contributed by atoms with Gasteiger partial charge in [0.2, 0.25) is 0 Å². The molecule has 0 fully saturated rings. The van der Waals surface area contributed by atoms with Gasteiger partial charge in [-0.2, -0.15) is 0 Å². The Morgan fingerprint density at radius 3 is 1.52 bits per heavy atom. The molecule has 17 heteroatoms. The van der Waals surface area contributed by atoms with Gasteiger partial charge in [-0.05, 0) is 23.3 Å². The molecule has 0 aliphatic carbocycles. The molecular weight excluding hydrogens is 895 g/mol. The molecule has 4 aromatic carbocycles. The monoisotopic (exact) mass is 934 g/mol. The number of pyridine rings is 2. The summed E-state index contributed by atoms with van der Waals surface area (Å²) < 4.78 is 12.7. The number of nitrogens with zero attached hydrogens (tertiary/aromatic N) is 2. The maximum Gasteiger partial charge on any atom is 0.260 e. The summed E-state index contributed by atoms with van der Waals surface area (Å²) in [7, 11) is 0. The number of halogens is 3. The van der Waals surface area contributed by atoms with Crippen molar-refractivity contribution in [1.29, 1.82) is 0 Å². The molecule has 6 aromatic rings. The number of benzene rings is 4. The van der Waals surface area contributed by atoms with Crippen molar-refractivity contribution in [3.05, 3.63) is 181 Å². The lowest BCUT2D eigenvalue weighted by molar-refractivity contribution is -0.111. The van der Waals surface area contributed by atoms with Crippen LogP contribution in [0, 0.1) is 0 Å².